The fraction of sp³-hybridized carbons (Fsp3) is 0.471. The van der Waals surface area contributed by atoms with Crippen molar-refractivity contribution in [3.63, 3.8) is 0 Å². The van der Waals surface area contributed by atoms with Crippen LogP contribution in [0.15, 0.2) is 30.5 Å². The molecule has 0 spiro atoms. The number of fused-ring (bicyclic) bond motifs is 1. The van der Waals surface area contributed by atoms with E-state index in [1.54, 1.807) is 6.92 Å². The largest absolute Gasteiger partial charge is 0.466 e. The zero-order chi connectivity index (χ0) is 15.5. The minimum absolute atomic E-state index is 0.287. The first-order valence-electron chi connectivity index (χ1n) is 7.81. The van der Waals surface area contributed by atoms with Gasteiger partial charge in [-0.25, -0.2) is 0 Å². The van der Waals surface area contributed by atoms with Gasteiger partial charge in [0.1, 0.15) is 0 Å². The van der Waals surface area contributed by atoms with Crippen molar-refractivity contribution in [2.75, 3.05) is 26.2 Å². The first-order valence-corrected chi connectivity index (χ1v) is 7.81. The summed E-state index contributed by atoms with van der Waals surface area (Å²) in [6.07, 6.45) is 2.31. The van der Waals surface area contributed by atoms with Crippen LogP contribution in [0.4, 0.5) is 0 Å². The highest BCUT2D eigenvalue weighted by molar-refractivity contribution is 5.83. The summed E-state index contributed by atoms with van der Waals surface area (Å²) in [5, 5.41) is 11.3. The minimum atomic E-state index is -0.623. The van der Waals surface area contributed by atoms with Gasteiger partial charge in [-0.3, -0.25) is 9.69 Å². The number of rotatable bonds is 5. The number of H-pyrrole nitrogens is 1. The number of para-hydroxylation sites is 1. The summed E-state index contributed by atoms with van der Waals surface area (Å²) >= 11 is 0. The summed E-state index contributed by atoms with van der Waals surface area (Å²) in [5.41, 5.74) is 2.41. The predicted molar refractivity (Wildman–Crippen MR) is 84.6 cm³/mol. The van der Waals surface area contributed by atoms with Crippen LogP contribution in [0.3, 0.4) is 0 Å². The zero-order valence-corrected chi connectivity index (χ0v) is 12.8. The van der Waals surface area contributed by atoms with Gasteiger partial charge in [-0.2, -0.15) is 0 Å². The summed E-state index contributed by atoms with van der Waals surface area (Å²) < 4.78 is 5.02. The molecule has 2 N–H and O–H groups in total. The molecule has 0 saturated carbocycles. The average molecular weight is 302 g/mol. The molecule has 0 amide bonds. The molecule has 0 radical (unpaired) electrons. The van der Waals surface area contributed by atoms with Gasteiger partial charge in [0.15, 0.2) is 0 Å². The van der Waals surface area contributed by atoms with E-state index in [1.807, 2.05) is 18.3 Å². The molecule has 22 heavy (non-hydrogen) atoms. The van der Waals surface area contributed by atoms with Crippen molar-refractivity contribution in [1.29, 1.82) is 0 Å². The number of carbonyl (C=O) groups excluding carboxylic acids is 1. The number of β-amino-alcohol motifs (C(OH)–C–C–N with tert-alkyl or cyclic N) is 1. The van der Waals surface area contributed by atoms with E-state index in [4.69, 9.17) is 4.74 Å². The van der Waals surface area contributed by atoms with Crippen LogP contribution < -0.4 is 0 Å². The van der Waals surface area contributed by atoms with Crippen LogP contribution in [0.25, 0.3) is 10.9 Å². The van der Waals surface area contributed by atoms with Gasteiger partial charge in [-0.15, -0.1) is 0 Å². The van der Waals surface area contributed by atoms with Gasteiger partial charge in [-0.1, -0.05) is 18.2 Å². The SMILES string of the molecule is CCOC(=O)[C@@H]1CN(CCc2c[nH]c3ccccc23)C[C@H]1O. The third kappa shape index (κ3) is 3.00. The van der Waals surface area contributed by atoms with Crippen molar-refractivity contribution in [3.8, 4) is 0 Å². The summed E-state index contributed by atoms with van der Waals surface area (Å²) in [7, 11) is 0. The number of nitrogens with one attached hydrogen (secondary N) is 1. The Morgan fingerprint density at radius 3 is 3.05 bits per heavy atom. The van der Waals surface area contributed by atoms with Crippen LogP contribution in [0.2, 0.25) is 0 Å². The van der Waals surface area contributed by atoms with Crippen molar-refractivity contribution >= 4 is 16.9 Å². The van der Waals surface area contributed by atoms with Gasteiger partial charge in [-0.05, 0) is 25.0 Å². The first kappa shape index (κ1) is 15.1. The lowest BCUT2D eigenvalue weighted by atomic mass is 10.1. The number of likely N-dealkylation sites (tertiary alicyclic amines) is 1. The van der Waals surface area contributed by atoms with E-state index in [2.05, 4.69) is 22.0 Å². The Morgan fingerprint density at radius 2 is 2.23 bits per heavy atom. The van der Waals surface area contributed by atoms with E-state index in [1.165, 1.54) is 10.9 Å². The van der Waals surface area contributed by atoms with E-state index in [9.17, 15) is 9.90 Å². The van der Waals surface area contributed by atoms with Crippen molar-refractivity contribution in [2.45, 2.75) is 19.4 Å². The van der Waals surface area contributed by atoms with Crippen LogP contribution in [0, 0.1) is 5.92 Å². The monoisotopic (exact) mass is 302 g/mol. The highest BCUT2D eigenvalue weighted by Gasteiger charge is 2.37. The molecule has 1 aromatic carbocycles. The summed E-state index contributed by atoms with van der Waals surface area (Å²) in [5.74, 6) is -0.701. The van der Waals surface area contributed by atoms with Crippen molar-refractivity contribution < 1.29 is 14.6 Å². The zero-order valence-electron chi connectivity index (χ0n) is 12.8. The molecule has 2 aromatic rings. The Hall–Kier alpha value is -1.85. The normalized spacial score (nSPS) is 22.3. The number of aromatic amines is 1. The Kier molecular flexibility index (Phi) is 4.45. The van der Waals surface area contributed by atoms with Gasteiger partial charge in [0.05, 0.1) is 18.6 Å². The molecule has 2 heterocycles. The number of aliphatic hydroxyl groups excluding tert-OH is 1. The molecule has 118 valence electrons. The standard InChI is InChI=1S/C17H22N2O3/c1-2-22-17(21)14-10-19(11-16(14)20)8-7-12-9-18-15-6-4-3-5-13(12)15/h3-6,9,14,16,18,20H,2,7-8,10-11H2,1H3/t14-,16-/m1/s1. The molecular weight excluding hydrogens is 280 g/mol. The fourth-order valence-corrected chi connectivity index (χ4v) is 3.15. The molecule has 1 aliphatic heterocycles. The van der Waals surface area contributed by atoms with Crippen LogP contribution in [0.1, 0.15) is 12.5 Å². The minimum Gasteiger partial charge on any atom is -0.466 e. The van der Waals surface area contributed by atoms with Crippen LogP contribution in [-0.4, -0.2) is 53.3 Å². The van der Waals surface area contributed by atoms with Crippen LogP contribution in [-0.2, 0) is 16.0 Å². The Balaban J connectivity index is 1.59. The van der Waals surface area contributed by atoms with E-state index in [0.29, 0.717) is 19.7 Å². The maximum atomic E-state index is 11.8. The highest BCUT2D eigenvalue weighted by atomic mass is 16.5. The van der Waals surface area contributed by atoms with Gasteiger partial charge in [0.25, 0.3) is 0 Å². The molecule has 0 bridgehead atoms. The van der Waals surface area contributed by atoms with Crippen molar-refractivity contribution in [1.82, 2.24) is 9.88 Å². The van der Waals surface area contributed by atoms with E-state index < -0.39 is 12.0 Å². The van der Waals surface area contributed by atoms with E-state index in [0.717, 1.165) is 18.5 Å². The maximum absolute atomic E-state index is 11.8. The van der Waals surface area contributed by atoms with E-state index in [-0.39, 0.29) is 5.97 Å². The molecule has 5 nitrogen and oxygen atoms in total. The number of ether oxygens (including phenoxy) is 1. The number of aromatic nitrogens is 1. The second kappa shape index (κ2) is 6.50. The first-order chi connectivity index (χ1) is 10.7. The number of benzene rings is 1. The Morgan fingerprint density at radius 1 is 1.41 bits per heavy atom. The third-order valence-corrected chi connectivity index (χ3v) is 4.33. The topological polar surface area (TPSA) is 65.6 Å². The number of aliphatic hydroxyl groups is 1. The van der Waals surface area contributed by atoms with Gasteiger partial charge < -0.3 is 14.8 Å². The number of hydrogen-bond acceptors (Lipinski definition) is 4. The number of esters is 1. The molecule has 2 atom stereocenters. The highest BCUT2D eigenvalue weighted by Crippen LogP contribution is 2.21. The second-order valence-corrected chi connectivity index (χ2v) is 5.79. The number of nitrogens with zero attached hydrogens (tertiary/aromatic N) is 1. The smallest absolute Gasteiger partial charge is 0.312 e. The lowest BCUT2D eigenvalue weighted by molar-refractivity contribution is -0.150. The molecular formula is C17H22N2O3. The van der Waals surface area contributed by atoms with Gasteiger partial charge in [0, 0.05) is 36.7 Å². The fourth-order valence-electron chi connectivity index (χ4n) is 3.15. The number of hydrogen-bond donors (Lipinski definition) is 2. The molecule has 1 fully saturated rings. The molecule has 5 heteroatoms. The molecule has 0 unspecified atom stereocenters. The molecule has 0 aliphatic carbocycles. The van der Waals surface area contributed by atoms with Crippen molar-refractivity contribution in [2.24, 2.45) is 5.92 Å². The molecule has 3 rings (SSSR count). The van der Waals surface area contributed by atoms with E-state index >= 15 is 0 Å². The summed E-state index contributed by atoms with van der Waals surface area (Å²) in [6.45, 7) is 4.08. The average Bonchev–Trinajstić information content (AvgIpc) is 3.09. The molecule has 1 aromatic heterocycles. The van der Waals surface area contributed by atoms with Gasteiger partial charge >= 0.3 is 5.97 Å². The quantitative estimate of drug-likeness (QED) is 0.823. The van der Waals surface area contributed by atoms with Gasteiger partial charge in [0.2, 0.25) is 0 Å². The molecule has 1 saturated heterocycles. The third-order valence-electron chi connectivity index (χ3n) is 4.33. The lowest BCUT2D eigenvalue weighted by Crippen LogP contribution is -2.28. The van der Waals surface area contributed by atoms with Crippen molar-refractivity contribution in [3.05, 3.63) is 36.0 Å². The predicted octanol–water partition coefficient (Wildman–Crippen LogP) is 1.57. The summed E-state index contributed by atoms with van der Waals surface area (Å²) in [4.78, 5) is 17.2. The number of carbonyl (C=O) groups is 1. The lowest BCUT2D eigenvalue weighted by Gasteiger charge is -2.14. The Bertz CT molecular complexity index is 652. The summed E-state index contributed by atoms with van der Waals surface area (Å²) in [6, 6.07) is 8.23. The second-order valence-electron chi connectivity index (χ2n) is 5.79. The van der Waals surface area contributed by atoms with Crippen LogP contribution >= 0.6 is 0 Å². The maximum Gasteiger partial charge on any atom is 0.312 e. The van der Waals surface area contributed by atoms with Crippen LogP contribution in [0.5, 0.6) is 0 Å². The molecule has 1 aliphatic rings. The Labute approximate surface area is 129 Å².